The van der Waals surface area contributed by atoms with E-state index in [9.17, 15) is 19.5 Å². The lowest BCUT2D eigenvalue weighted by Crippen LogP contribution is -2.47. The van der Waals surface area contributed by atoms with Crippen LogP contribution in [0.1, 0.15) is 45.1 Å². The van der Waals surface area contributed by atoms with E-state index >= 15 is 0 Å². The third-order valence-corrected chi connectivity index (χ3v) is 4.06. The second-order valence-electron chi connectivity index (χ2n) is 5.80. The highest BCUT2D eigenvalue weighted by Crippen LogP contribution is 2.24. The van der Waals surface area contributed by atoms with Gasteiger partial charge in [-0.2, -0.15) is 0 Å². The van der Waals surface area contributed by atoms with E-state index in [1.54, 1.807) is 0 Å². The first kappa shape index (κ1) is 19.7. The maximum atomic E-state index is 12.7. The lowest BCUT2D eigenvalue weighted by Gasteiger charge is -2.28. The van der Waals surface area contributed by atoms with Gasteiger partial charge in [0.25, 0.3) is 0 Å². The van der Waals surface area contributed by atoms with E-state index in [2.05, 4.69) is 5.32 Å². The second kappa shape index (κ2) is 9.70. The Balaban J connectivity index is 2.81. The van der Waals surface area contributed by atoms with Crippen LogP contribution in [0.4, 0.5) is 0 Å². The molecule has 6 heteroatoms. The zero-order chi connectivity index (χ0) is 18.1. The molecule has 0 fully saturated rings. The van der Waals surface area contributed by atoms with Gasteiger partial charge in [-0.3, -0.25) is 9.59 Å². The summed E-state index contributed by atoms with van der Waals surface area (Å²) in [5.74, 6) is -1.44. The highest BCUT2D eigenvalue weighted by atomic mass is 16.4. The lowest BCUT2D eigenvalue weighted by molar-refractivity contribution is -0.149. The van der Waals surface area contributed by atoms with Gasteiger partial charge in [0.05, 0.1) is 0 Å². The Morgan fingerprint density at radius 1 is 1.21 bits per heavy atom. The molecule has 2 N–H and O–H groups in total. The zero-order valence-corrected chi connectivity index (χ0v) is 14.5. The molecule has 0 saturated heterocycles. The molecule has 24 heavy (non-hydrogen) atoms. The Hall–Kier alpha value is -2.37. The van der Waals surface area contributed by atoms with Gasteiger partial charge in [0.2, 0.25) is 11.8 Å². The van der Waals surface area contributed by atoms with Crippen molar-refractivity contribution in [2.24, 2.45) is 0 Å². The largest absolute Gasteiger partial charge is 0.480 e. The summed E-state index contributed by atoms with van der Waals surface area (Å²) in [5, 5.41) is 11.8. The van der Waals surface area contributed by atoms with E-state index in [1.807, 2.05) is 37.3 Å². The van der Waals surface area contributed by atoms with Gasteiger partial charge in [0.15, 0.2) is 0 Å². The van der Waals surface area contributed by atoms with Gasteiger partial charge >= 0.3 is 5.97 Å². The standard InChI is InChI=1S/C18H26N2O4/c1-4-15(16-8-6-5-7-9-16)12-17(22)20(13(2)18(23)24)11-10-19-14(3)21/h5-9,13,15H,4,10-12H2,1-3H3,(H,19,21)(H,23,24). The first-order valence-electron chi connectivity index (χ1n) is 8.18. The molecule has 0 saturated carbocycles. The van der Waals surface area contributed by atoms with Gasteiger partial charge in [0, 0.05) is 26.4 Å². The monoisotopic (exact) mass is 334 g/mol. The third kappa shape index (κ3) is 6.02. The first-order valence-corrected chi connectivity index (χ1v) is 8.18. The van der Waals surface area contributed by atoms with Crippen molar-refractivity contribution in [3.05, 3.63) is 35.9 Å². The van der Waals surface area contributed by atoms with Crippen LogP contribution < -0.4 is 5.32 Å². The minimum atomic E-state index is -1.06. The first-order chi connectivity index (χ1) is 11.4. The van der Waals surface area contributed by atoms with Gasteiger partial charge < -0.3 is 15.3 Å². The molecule has 0 radical (unpaired) electrons. The van der Waals surface area contributed by atoms with E-state index < -0.39 is 12.0 Å². The van der Waals surface area contributed by atoms with Crippen molar-refractivity contribution in [2.75, 3.05) is 13.1 Å². The van der Waals surface area contributed by atoms with E-state index in [0.29, 0.717) is 0 Å². The molecule has 0 aliphatic rings. The van der Waals surface area contributed by atoms with Gasteiger partial charge in [-0.1, -0.05) is 37.3 Å². The van der Waals surface area contributed by atoms with Crippen molar-refractivity contribution in [3.63, 3.8) is 0 Å². The van der Waals surface area contributed by atoms with Crippen LogP contribution in [0.25, 0.3) is 0 Å². The van der Waals surface area contributed by atoms with Crippen molar-refractivity contribution in [1.29, 1.82) is 0 Å². The molecule has 1 aromatic rings. The quantitative estimate of drug-likeness (QED) is 0.723. The molecule has 2 atom stereocenters. The zero-order valence-electron chi connectivity index (χ0n) is 14.5. The molecule has 0 spiro atoms. The summed E-state index contributed by atoms with van der Waals surface area (Å²) in [6, 6.07) is 8.80. The molecule has 2 unspecified atom stereocenters. The summed E-state index contributed by atoms with van der Waals surface area (Å²) in [7, 11) is 0. The number of hydrogen-bond donors (Lipinski definition) is 2. The van der Waals surface area contributed by atoms with Crippen molar-refractivity contribution in [1.82, 2.24) is 10.2 Å². The van der Waals surface area contributed by atoms with Crippen LogP contribution in [0.2, 0.25) is 0 Å². The Bertz CT molecular complexity index is 559. The number of carbonyl (C=O) groups excluding carboxylic acids is 2. The lowest BCUT2D eigenvalue weighted by atomic mass is 9.92. The van der Waals surface area contributed by atoms with Crippen LogP contribution in [-0.2, 0) is 14.4 Å². The van der Waals surface area contributed by atoms with E-state index in [4.69, 9.17) is 0 Å². The van der Waals surface area contributed by atoms with Gasteiger partial charge in [0.1, 0.15) is 6.04 Å². The van der Waals surface area contributed by atoms with Crippen LogP contribution in [0.3, 0.4) is 0 Å². The predicted molar refractivity (Wildman–Crippen MR) is 91.6 cm³/mol. The number of carboxylic acids is 1. The Kier molecular flexibility index (Phi) is 7.95. The summed E-state index contributed by atoms with van der Waals surface area (Å²) < 4.78 is 0. The highest BCUT2D eigenvalue weighted by molar-refractivity contribution is 5.84. The van der Waals surface area contributed by atoms with Crippen molar-refractivity contribution in [3.8, 4) is 0 Å². The van der Waals surface area contributed by atoms with Crippen LogP contribution >= 0.6 is 0 Å². The van der Waals surface area contributed by atoms with Gasteiger partial charge in [-0.05, 0) is 24.8 Å². The SMILES string of the molecule is CCC(CC(=O)N(CCNC(C)=O)C(C)C(=O)O)c1ccccc1. The minimum Gasteiger partial charge on any atom is -0.480 e. The topological polar surface area (TPSA) is 86.7 Å². The molecule has 0 aliphatic heterocycles. The number of rotatable bonds is 9. The number of nitrogens with zero attached hydrogens (tertiary/aromatic N) is 1. The van der Waals surface area contributed by atoms with Crippen molar-refractivity contribution >= 4 is 17.8 Å². The molecular formula is C18H26N2O4. The molecule has 0 heterocycles. The number of hydrogen-bond acceptors (Lipinski definition) is 3. The Morgan fingerprint density at radius 3 is 2.33 bits per heavy atom. The fraction of sp³-hybridized carbons (Fsp3) is 0.500. The fourth-order valence-corrected chi connectivity index (χ4v) is 2.57. The van der Waals surface area contributed by atoms with E-state index in [0.717, 1.165) is 12.0 Å². The van der Waals surface area contributed by atoms with Crippen LogP contribution in [0.5, 0.6) is 0 Å². The number of carbonyl (C=O) groups is 3. The number of benzene rings is 1. The maximum Gasteiger partial charge on any atom is 0.326 e. The maximum absolute atomic E-state index is 12.7. The molecule has 0 aliphatic carbocycles. The van der Waals surface area contributed by atoms with Crippen molar-refractivity contribution in [2.45, 2.75) is 45.6 Å². The van der Waals surface area contributed by atoms with E-state index in [1.165, 1.54) is 18.7 Å². The highest BCUT2D eigenvalue weighted by Gasteiger charge is 2.27. The number of carboxylic acid groups (broad SMARTS) is 1. The molecule has 132 valence electrons. The Labute approximate surface area is 142 Å². The number of amides is 2. The van der Waals surface area contributed by atoms with Crippen molar-refractivity contribution < 1.29 is 19.5 Å². The molecule has 6 nitrogen and oxygen atoms in total. The summed E-state index contributed by atoms with van der Waals surface area (Å²) in [4.78, 5) is 36.2. The average Bonchev–Trinajstić information content (AvgIpc) is 2.56. The van der Waals surface area contributed by atoms with Crippen LogP contribution in [0.15, 0.2) is 30.3 Å². The fourth-order valence-electron chi connectivity index (χ4n) is 2.57. The number of nitrogens with one attached hydrogen (secondary N) is 1. The van der Waals surface area contributed by atoms with E-state index in [-0.39, 0.29) is 37.2 Å². The summed E-state index contributed by atoms with van der Waals surface area (Å²) in [6.07, 6.45) is 1.04. The minimum absolute atomic E-state index is 0.0444. The molecule has 1 aromatic carbocycles. The average molecular weight is 334 g/mol. The smallest absolute Gasteiger partial charge is 0.326 e. The molecule has 0 aromatic heterocycles. The predicted octanol–water partition coefficient (Wildman–Crippen LogP) is 2.01. The van der Waals surface area contributed by atoms with Gasteiger partial charge in [-0.25, -0.2) is 4.79 Å². The molecule has 1 rings (SSSR count). The summed E-state index contributed by atoms with van der Waals surface area (Å²) >= 11 is 0. The molecule has 2 amide bonds. The van der Waals surface area contributed by atoms with Gasteiger partial charge in [-0.15, -0.1) is 0 Å². The number of aliphatic carboxylic acids is 1. The molecule has 0 bridgehead atoms. The van der Waals surface area contributed by atoms with Crippen LogP contribution in [0, 0.1) is 0 Å². The second-order valence-corrected chi connectivity index (χ2v) is 5.80. The summed E-state index contributed by atoms with van der Waals surface area (Å²) in [5.41, 5.74) is 1.07. The normalized spacial score (nSPS) is 13.0. The molecular weight excluding hydrogens is 308 g/mol. The Morgan fingerprint density at radius 2 is 1.83 bits per heavy atom. The van der Waals surface area contributed by atoms with Crippen LogP contribution in [-0.4, -0.2) is 46.9 Å². The summed E-state index contributed by atoms with van der Waals surface area (Å²) in [6.45, 7) is 5.29. The third-order valence-electron chi connectivity index (χ3n) is 4.06.